The van der Waals surface area contributed by atoms with Crippen molar-refractivity contribution >= 4 is 0 Å². The van der Waals surface area contributed by atoms with Gasteiger partial charge in [0, 0.05) is 18.6 Å². The molecule has 0 aromatic rings. The summed E-state index contributed by atoms with van der Waals surface area (Å²) in [5, 5.41) is 61.1. The van der Waals surface area contributed by atoms with E-state index in [-0.39, 0.29) is 13.0 Å². The van der Waals surface area contributed by atoms with Crippen LogP contribution in [0.1, 0.15) is 6.42 Å². The molecule has 0 unspecified atom stereocenters. The summed E-state index contributed by atoms with van der Waals surface area (Å²) in [6.07, 6.45) is -14.3. The van der Waals surface area contributed by atoms with E-state index in [0.29, 0.717) is 0 Å². The lowest BCUT2D eigenvalue weighted by molar-refractivity contribution is -0.331. The normalized spacial score (nSPS) is 53.7. The minimum absolute atomic E-state index is 0.125. The number of hydrogen-bond acceptors (Lipinski definition) is 15. The maximum absolute atomic E-state index is 10.7. The van der Waals surface area contributed by atoms with Gasteiger partial charge in [0.05, 0.1) is 24.8 Å². The van der Waals surface area contributed by atoms with Gasteiger partial charge in [0.1, 0.15) is 48.8 Å². The first kappa shape index (κ1) is 27.0. The Bertz CT molecular complexity index is 635. The molecule has 33 heavy (non-hydrogen) atoms. The largest absolute Gasteiger partial charge is 0.394 e. The molecule has 2 heterocycles. The van der Waals surface area contributed by atoms with Crippen molar-refractivity contribution in [3.05, 3.63) is 0 Å². The van der Waals surface area contributed by atoms with E-state index < -0.39 is 98.3 Å². The molecule has 0 amide bonds. The molecule has 15 nitrogen and oxygen atoms in total. The molecule has 0 aromatic heterocycles. The summed E-state index contributed by atoms with van der Waals surface area (Å²) in [7, 11) is 0. The van der Waals surface area contributed by atoms with Gasteiger partial charge in [-0.25, -0.2) is 0 Å². The highest BCUT2D eigenvalue weighted by atomic mass is 16.7. The SMILES string of the molecule is NC[C@H]1O[C@H](O[C@@H]2[C@@H](O[C@@H]3O[C@H](CO)[C@@H](N)[C@H](O)[C@H]3O)[C@H](O)[C@@H](N)C[C@H]2N)[C@H](N)[C@@H](O)[C@@H]1O. The third-order valence-electron chi connectivity index (χ3n) is 6.57. The summed E-state index contributed by atoms with van der Waals surface area (Å²) in [5.41, 5.74) is 29.5. The topological polar surface area (TPSA) is 288 Å². The molecular weight excluding hydrogens is 446 g/mol. The summed E-state index contributed by atoms with van der Waals surface area (Å²) < 4.78 is 22.7. The third-order valence-corrected chi connectivity index (χ3v) is 6.57. The van der Waals surface area contributed by atoms with Crippen molar-refractivity contribution in [1.82, 2.24) is 0 Å². The van der Waals surface area contributed by atoms with Gasteiger partial charge in [-0.2, -0.15) is 0 Å². The first-order chi connectivity index (χ1) is 15.5. The van der Waals surface area contributed by atoms with Gasteiger partial charge in [-0.15, -0.1) is 0 Å². The zero-order valence-electron chi connectivity index (χ0n) is 18.0. The van der Waals surface area contributed by atoms with Crippen LogP contribution in [0.4, 0.5) is 0 Å². The molecule has 0 bridgehead atoms. The average Bonchev–Trinajstić information content (AvgIpc) is 2.79. The number of hydrogen-bond donors (Lipinski definition) is 11. The highest BCUT2D eigenvalue weighted by molar-refractivity contribution is 5.01. The Kier molecular flexibility index (Phi) is 8.99. The number of aliphatic hydroxyl groups is 6. The Hall–Kier alpha value is -0.600. The second-order valence-corrected chi connectivity index (χ2v) is 8.88. The molecule has 2 saturated heterocycles. The molecule has 1 saturated carbocycles. The smallest absolute Gasteiger partial charge is 0.187 e. The van der Waals surface area contributed by atoms with Crippen LogP contribution in [0.5, 0.6) is 0 Å². The van der Waals surface area contributed by atoms with E-state index >= 15 is 0 Å². The molecule has 16 N–H and O–H groups in total. The minimum Gasteiger partial charge on any atom is -0.394 e. The van der Waals surface area contributed by atoms with Crippen LogP contribution in [0.3, 0.4) is 0 Å². The Labute approximate surface area is 190 Å². The van der Waals surface area contributed by atoms with Crippen LogP contribution in [0.15, 0.2) is 0 Å². The van der Waals surface area contributed by atoms with Gasteiger partial charge < -0.3 is 78.3 Å². The molecule has 15 atom stereocenters. The van der Waals surface area contributed by atoms with Crippen molar-refractivity contribution in [2.24, 2.45) is 28.7 Å². The van der Waals surface area contributed by atoms with Crippen LogP contribution in [0.25, 0.3) is 0 Å². The molecule has 0 spiro atoms. The molecule has 3 rings (SSSR count). The predicted octanol–water partition coefficient (Wildman–Crippen LogP) is -7.33. The van der Waals surface area contributed by atoms with Crippen molar-refractivity contribution in [2.45, 2.75) is 98.1 Å². The quantitative estimate of drug-likeness (QED) is 0.167. The van der Waals surface area contributed by atoms with Crippen molar-refractivity contribution < 1.29 is 49.6 Å². The lowest BCUT2D eigenvalue weighted by Gasteiger charge is -2.48. The Morgan fingerprint density at radius 2 is 1.24 bits per heavy atom. The zero-order chi connectivity index (χ0) is 24.6. The fourth-order valence-corrected chi connectivity index (χ4v) is 4.41. The Morgan fingerprint density at radius 3 is 1.85 bits per heavy atom. The molecule has 2 aliphatic heterocycles. The fraction of sp³-hybridized carbons (Fsp3) is 1.00. The van der Waals surface area contributed by atoms with Gasteiger partial charge in [0.25, 0.3) is 0 Å². The highest BCUT2D eigenvalue weighted by Crippen LogP contribution is 2.31. The summed E-state index contributed by atoms with van der Waals surface area (Å²) >= 11 is 0. The molecular formula is C18H37N5O10. The Morgan fingerprint density at radius 1 is 0.667 bits per heavy atom. The summed E-state index contributed by atoms with van der Waals surface area (Å²) in [6, 6.07) is -3.88. The van der Waals surface area contributed by atoms with Crippen LogP contribution in [0, 0.1) is 0 Å². The maximum Gasteiger partial charge on any atom is 0.187 e. The van der Waals surface area contributed by atoms with Crippen molar-refractivity contribution in [3.8, 4) is 0 Å². The van der Waals surface area contributed by atoms with Gasteiger partial charge in [0.15, 0.2) is 12.6 Å². The summed E-state index contributed by atoms with van der Waals surface area (Å²) in [6.45, 7) is -0.680. The van der Waals surface area contributed by atoms with E-state index in [2.05, 4.69) is 0 Å². The lowest BCUT2D eigenvalue weighted by Crippen LogP contribution is -2.69. The molecule has 3 aliphatic rings. The molecule has 194 valence electrons. The summed E-state index contributed by atoms with van der Waals surface area (Å²) in [4.78, 5) is 0. The van der Waals surface area contributed by atoms with Gasteiger partial charge in [-0.1, -0.05) is 0 Å². The van der Waals surface area contributed by atoms with Crippen LogP contribution >= 0.6 is 0 Å². The first-order valence-corrected chi connectivity index (χ1v) is 10.9. The number of rotatable bonds is 6. The van der Waals surface area contributed by atoms with E-state index in [1.54, 1.807) is 0 Å². The maximum atomic E-state index is 10.7. The van der Waals surface area contributed by atoms with Crippen LogP contribution in [0.2, 0.25) is 0 Å². The summed E-state index contributed by atoms with van der Waals surface area (Å²) in [5.74, 6) is 0. The van der Waals surface area contributed by atoms with Crippen LogP contribution < -0.4 is 28.7 Å². The monoisotopic (exact) mass is 483 g/mol. The predicted molar refractivity (Wildman–Crippen MR) is 110 cm³/mol. The molecule has 3 fully saturated rings. The van der Waals surface area contributed by atoms with Crippen molar-refractivity contribution in [2.75, 3.05) is 13.2 Å². The second kappa shape index (κ2) is 11.0. The number of nitrogens with two attached hydrogens (primary N) is 5. The molecule has 0 radical (unpaired) electrons. The highest BCUT2D eigenvalue weighted by Gasteiger charge is 2.51. The van der Waals surface area contributed by atoms with Crippen LogP contribution in [-0.2, 0) is 18.9 Å². The van der Waals surface area contributed by atoms with E-state index in [1.165, 1.54) is 0 Å². The van der Waals surface area contributed by atoms with Crippen molar-refractivity contribution in [1.29, 1.82) is 0 Å². The zero-order valence-corrected chi connectivity index (χ0v) is 18.0. The average molecular weight is 484 g/mol. The molecule has 1 aliphatic carbocycles. The van der Waals surface area contributed by atoms with E-state index in [0.717, 1.165) is 0 Å². The lowest BCUT2D eigenvalue weighted by atomic mass is 9.84. The van der Waals surface area contributed by atoms with Crippen molar-refractivity contribution in [3.63, 3.8) is 0 Å². The second-order valence-electron chi connectivity index (χ2n) is 8.88. The minimum atomic E-state index is -1.61. The molecule has 0 aromatic carbocycles. The van der Waals surface area contributed by atoms with E-state index in [9.17, 15) is 30.6 Å². The van der Waals surface area contributed by atoms with E-state index in [4.69, 9.17) is 47.6 Å². The van der Waals surface area contributed by atoms with Gasteiger partial charge in [-0.05, 0) is 6.42 Å². The number of ether oxygens (including phenoxy) is 4. The first-order valence-electron chi connectivity index (χ1n) is 10.9. The van der Waals surface area contributed by atoms with Gasteiger partial charge in [0.2, 0.25) is 0 Å². The number of aliphatic hydroxyl groups excluding tert-OH is 6. The molecule has 15 heteroatoms. The standard InChI is InChI=1S/C18H37N5O10/c19-2-6-11(26)13(28)9(23)17(30-6)32-15-5(21)1-4(20)10(25)16(15)33-18-14(29)12(27)8(22)7(3-24)31-18/h4-18,24-29H,1-3,19-23H2/t4-,5+,6+,7+,8+,9+,10+,11+,12-,13+,14+,15-,16-,17+,18-/m0/s1. The Balaban J connectivity index is 1.80. The van der Waals surface area contributed by atoms with E-state index in [1.807, 2.05) is 0 Å². The van der Waals surface area contributed by atoms with Gasteiger partial charge >= 0.3 is 0 Å². The van der Waals surface area contributed by atoms with Crippen LogP contribution in [-0.4, -0.2) is 135 Å². The van der Waals surface area contributed by atoms with Gasteiger partial charge in [-0.3, -0.25) is 0 Å². The third kappa shape index (κ3) is 5.32. The fourth-order valence-electron chi connectivity index (χ4n) is 4.41.